The van der Waals surface area contributed by atoms with Crippen molar-refractivity contribution in [1.82, 2.24) is 14.8 Å². The Balaban J connectivity index is 1.71. The summed E-state index contributed by atoms with van der Waals surface area (Å²) >= 11 is 0. The van der Waals surface area contributed by atoms with Crippen molar-refractivity contribution in [3.05, 3.63) is 33.7 Å². The van der Waals surface area contributed by atoms with Gasteiger partial charge in [-0.25, -0.2) is 0 Å². The highest BCUT2D eigenvalue weighted by Crippen LogP contribution is 2.23. The third-order valence-electron chi connectivity index (χ3n) is 4.35. The van der Waals surface area contributed by atoms with Crippen molar-refractivity contribution < 1.29 is 9.59 Å². The number of likely N-dealkylation sites (tertiary alicyclic amines) is 1. The van der Waals surface area contributed by atoms with Gasteiger partial charge in [0.2, 0.25) is 17.4 Å². The van der Waals surface area contributed by atoms with Gasteiger partial charge in [0.05, 0.1) is 5.92 Å². The second kappa shape index (κ2) is 5.35. The largest absolute Gasteiger partial charge is 0.342 e. The summed E-state index contributed by atoms with van der Waals surface area (Å²) in [6, 6.07) is 3.27. The number of aromatic amines is 1. The number of nitrogens with one attached hydrogen (secondary N) is 1. The highest BCUT2D eigenvalue weighted by atomic mass is 16.2. The topological polar surface area (TPSA) is 73.5 Å². The number of carbonyl (C=O) groups is 2. The predicted molar refractivity (Wildman–Crippen MR) is 76.5 cm³/mol. The lowest BCUT2D eigenvalue weighted by atomic mass is 10.0. The third-order valence-corrected chi connectivity index (χ3v) is 4.35. The maximum atomic E-state index is 12.6. The quantitative estimate of drug-likeness (QED) is 0.841. The first-order valence-electron chi connectivity index (χ1n) is 7.36. The van der Waals surface area contributed by atoms with Crippen LogP contribution in [0.5, 0.6) is 0 Å². The number of amides is 2. The van der Waals surface area contributed by atoms with E-state index in [0.29, 0.717) is 39.0 Å². The van der Waals surface area contributed by atoms with Crippen molar-refractivity contribution in [2.45, 2.75) is 26.3 Å². The van der Waals surface area contributed by atoms with Crippen molar-refractivity contribution in [1.29, 1.82) is 0 Å². The highest BCUT2D eigenvalue weighted by molar-refractivity contribution is 5.89. The molecule has 0 bridgehead atoms. The summed E-state index contributed by atoms with van der Waals surface area (Å²) < 4.78 is 0. The normalized spacial score (nSPS) is 21.6. The summed E-state index contributed by atoms with van der Waals surface area (Å²) in [5.41, 5.74) is 1.81. The summed E-state index contributed by atoms with van der Waals surface area (Å²) in [7, 11) is 0. The van der Waals surface area contributed by atoms with E-state index in [1.165, 1.54) is 6.07 Å². The minimum atomic E-state index is -0.221. The zero-order valence-electron chi connectivity index (χ0n) is 12.1. The van der Waals surface area contributed by atoms with Gasteiger partial charge in [-0.15, -0.1) is 0 Å². The third kappa shape index (κ3) is 2.57. The predicted octanol–water partition coefficient (Wildman–Crippen LogP) is 0.128. The van der Waals surface area contributed by atoms with Gasteiger partial charge >= 0.3 is 0 Å². The molecule has 2 aliphatic heterocycles. The molecule has 6 nitrogen and oxygen atoms in total. The van der Waals surface area contributed by atoms with Crippen LogP contribution in [0.15, 0.2) is 16.9 Å². The van der Waals surface area contributed by atoms with Crippen molar-refractivity contribution in [2.75, 3.05) is 19.6 Å². The molecule has 1 N–H and O–H groups in total. The number of pyridine rings is 1. The number of rotatable bonds is 2. The van der Waals surface area contributed by atoms with E-state index in [1.54, 1.807) is 15.9 Å². The Labute approximate surface area is 122 Å². The highest BCUT2D eigenvalue weighted by Gasteiger charge is 2.36. The number of hydrogen-bond acceptors (Lipinski definition) is 3. The van der Waals surface area contributed by atoms with E-state index in [9.17, 15) is 14.4 Å². The van der Waals surface area contributed by atoms with E-state index in [-0.39, 0.29) is 23.3 Å². The minimum absolute atomic E-state index is 0.0520. The Bertz CT molecular complexity index is 637. The number of nitrogens with zero attached hydrogens (tertiary/aromatic N) is 2. The van der Waals surface area contributed by atoms with Gasteiger partial charge in [0.15, 0.2) is 0 Å². The molecular formula is C15H19N3O3. The van der Waals surface area contributed by atoms with Crippen LogP contribution in [0.1, 0.15) is 24.6 Å². The van der Waals surface area contributed by atoms with Crippen LogP contribution in [0, 0.1) is 5.92 Å². The fourth-order valence-electron chi connectivity index (χ4n) is 3.14. The van der Waals surface area contributed by atoms with Crippen LogP contribution in [0.3, 0.4) is 0 Å². The molecule has 2 aliphatic rings. The summed E-state index contributed by atoms with van der Waals surface area (Å²) in [5, 5.41) is 0. The molecule has 0 aliphatic carbocycles. The zero-order chi connectivity index (χ0) is 15.0. The summed E-state index contributed by atoms with van der Waals surface area (Å²) in [6.45, 7) is 4.23. The van der Waals surface area contributed by atoms with Gasteiger partial charge in [0, 0.05) is 50.8 Å². The summed E-state index contributed by atoms with van der Waals surface area (Å²) in [4.78, 5) is 42.0. The average Bonchev–Trinajstić information content (AvgIpc) is 2.87. The molecule has 0 saturated carbocycles. The SMILES string of the molecule is CCN1CC(C(=O)N2CCc3[nH]c(=O)ccc3C2)CC1=O. The minimum Gasteiger partial charge on any atom is -0.342 e. The Morgan fingerprint density at radius 1 is 1.38 bits per heavy atom. The van der Waals surface area contributed by atoms with Crippen molar-refractivity contribution in [3.8, 4) is 0 Å². The molecule has 1 unspecified atom stereocenters. The van der Waals surface area contributed by atoms with Gasteiger partial charge in [-0.2, -0.15) is 0 Å². The van der Waals surface area contributed by atoms with E-state index in [0.717, 1.165) is 11.3 Å². The van der Waals surface area contributed by atoms with Crippen molar-refractivity contribution >= 4 is 11.8 Å². The van der Waals surface area contributed by atoms with Crippen LogP contribution in [0.2, 0.25) is 0 Å². The van der Waals surface area contributed by atoms with E-state index in [2.05, 4.69) is 4.98 Å². The molecule has 1 aromatic heterocycles. The average molecular weight is 289 g/mol. The molecule has 3 rings (SSSR count). The smallest absolute Gasteiger partial charge is 0.248 e. The fourth-order valence-corrected chi connectivity index (χ4v) is 3.14. The van der Waals surface area contributed by atoms with Gasteiger partial charge in [0.1, 0.15) is 0 Å². The summed E-state index contributed by atoms with van der Waals surface area (Å²) in [5.74, 6) is -0.101. The molecule has 112 valence electrons. The van der Waals surface area contributed by atoms with Crippen molar-refractivity contribution in [3.63, 3.8) is 0 Å². The van der Waals surface area contributed by atoms with Crippen LogP contribution in [0.25, 0.3) is 0 Å². The first-order valence-corrected chi connectivity index (χ1v) is 7.36. The second-order valence-corrected chi connectivity index (χ2v) is 5.67. The maximum absolute atomic E-state index is 12.6. The Hall–Kier alpha value is -2.11. The monoisotopic (exact) mass is 289 g/mol. The van der Waals surface area contributed by atoms with Gasteiger partial charge < -0.3 is 14.8 Å². The van der Waals surface area contributed by atoms with Gasteiger partial charge in [0.25, 0.3) is 0 Å². The van der Waals surface area contributed by atoms with E-state index in [1.807, 2.05) is 6.92 Å². The maximum Gasteiger partial charge on any atom is 0.248 e. The molecule has 3 heterocycles. The lowest BCUT2D eigenvalue weighted by Gasteiger charge is -2.30. The van der Waals surface area contributed by atoms with Crippen LogP contribution >= 0.6 is 0 Å². The molecular weight excluding hydrogens is 270 g/mol. The molecule has 6 heteroatoms. The Morgan fingerprint density at radius 3 is 2.90 bits per heavy atom. The lowest BCUT2D eigenvalue weighted by molar-refractivity contribution is -0.136. The molecule has 1 fully saturated rings. The van der Waals surface area contributed by atoms with E-state index >= 15 is 0 Å². The van der Waals surface area contributed by atoms with E-state index in [4.69, 9.17) is 0 Å². The van der Waals surface area contributed by atoms with Gasteiger partial charge in [-0.05, 0) is 12.5 Å². The molecule has 21 heavy (non-hydrogen) atoms. The molecule has 2 amide bonds. The Morgan fingerprint density at radius 2 is 2.19 bits per heavy atom. The summed E-state index contributed by atoms with van der Waals surface area (Å²) in [6.07, 6.45) is 0.983. The Kier molecular flexibility index (Phi) is 3.53. The molecule has 0 radical (unpaired) electrons. The lowest BCUT2D eigenvalue weighted by Crippen LogP contribution is -2.41. The van der Waals surface area contributed by atoms with Gasteiger partial charge in [-0.3, -0.25) is 14.4 Å². The molecule has 1 saturated heterocycles. The molecule has 1 aromatic rings. The molecule has 0 spiro atoms. The first kappa shape index (κ1) is 13.9. The van der Waals surface area contributed by atoms with Crippen LogP contribution in [-0.4, -0.2) is 46.2 Å². The number of fused-ring (bicyclic) bond motifs is 1. The first-order chi connectivity index (χ1) is 10.1. The van der Waals surface area contributed by atoms with E-state index < -0.39 is 0 Å². The number of H-pyrrole nitrogens is 1. The van der Waals surface area contributed by atoms with Crippen molar-refractivity contribution in [2.24, 2.45) is 5.92 Å². The number of hydrogen-bond donors (Lipinski definition) is 1. The zero-order valence-corrected chi connectivity index (χ0v) is 12.1. The molecule has 1 atom stereocenters. The van der Waals surface area contributed by atoms with Crippen LogP contribution in [-0.2, 0) is 22.6 Å². The second-order valence-electron chi connectivity index (χ2n) is 5.67. The number of aromatic nitrogens is 1. The number of carbonyl (C=O) groups excluding carboxylic acids is 2. The fraction of sp³-hybridized carbons (Fsp3) is 0.533. The van der Waals surface area contributed by atoms with Crippen LogP contribution in [0.4, 0.5) is 0 Å². The van der Waals surface area contributed by atoms with Crippen LogP contribution < -0.4 is 5.56 Å². The molecule has 0 aromatic carbocycles. The standard InChI is InChI=1S/C15H19N3O3/c1-2-17-9-11(7-14(17)20)15(21)18-6-5-12-10(8-18)3-4-13(19)16-12/h3-4,11H,2,5-9H2,1H3,(H,16,19). The van der Waals surface area contributed by atoms with Gasteiger partial charge in [-0.1, -0.05) is 6.07 Å².